The summed E-state index contributed by atoms with van der Waals surface area (Å²) < 4.78 is 6.16. The van der Waals surface area contributed by atoms with Crippen molar-refractivity contribution in [3.05, 3.63) is 10.4 Å². The zero-order chi connectivity index (χ0) is 19.4. The lowest BCUT2D eigenvalue weighted by molar-refractivity contribution is -0.0542. The Labute approximate surface area is 171 Å². The monoisotopic (exact) mass is 408 g/mol. The first-order valence-electron chi connectivity index (χ1n) is 9.93. The molecule has 0 radical (unpaired) electrons. The number of thiophene rings is 1. The van der Waals surface area contributed by atoms with Gasteiger partial charge in [-0.2, -0.15) is 0 Å². The van der Waals surface area contributed by atoms with Crippen LogP contribution in [0.1, 0.15) is 50.5 Å². The molecule has 3 rings (SSSR count). The molecule has 1 aliphatic heterocycles. The van der Waals surface area contributed by atoms with E-state index in [9.17, 15) is 0 Å². The summed E-state index contributed by atoms with van der Waals surface area (Å²) in [6.07, 6.45) is 4.34. The first-order chi connectivity index (χ1) is 13.0. The molecule has 1 N–H and O–H groups in total. The van der Waals surface area contributed by atoms with E-state index in [2.05, 4.69) is 45.1 Å². The van der Waals surface area contributed by atoms with E-state index >= 15 is 0 Å². The highest BCUT2D eigenvalue weighted by Gasteiger charge is 2.33. The molecule has 2 aromatic heterocycles. The third-order valence-corrected chi connectivity index (χ3v) is 7.18. The maximum absolute atomic E-state index is 6.16. The fourth-order valence-corrected chi connectivity index (χ4v) is 5.27. The molecule has 2 aromatic rings. The number of thioether (sulfide) groups is 1. The maximum Gasteiger partial charge on any atom is 0.190 e. The number of rotatable bonds is 9. The first-order valence-corrected chi connectivity index (χ1v) is 11.7. The minimum atomic E-state index is -0.0868. The minimum Gasteiger partial charge on any atom is -0.369 e. The van der Waals surface area contributed by atoms with Crippen molar-refractivity contribution in [2.24, 2.45) is 0 Å². The summed E-state index contributed by atoms with van der Waals surface area (Å²) in [5, 5.41) is 5.70. The Hall–Kier alpha value is -0.890. The van der Waals surface area contributed by atoms with Crippen molar-refractivity contribution in [2.75, 3.05) is 38.3 Å². The van der Waals surface area contributed by atoms with Crippen molar-refractivity contribution in [1.29, 1.82) is 0 Å². The quantitative estimate of drug-likeness (QED) is 0.365. The highest BCUT2D eigenvalue weighted by atomic mass is 32.2. The van der Waals surface area contributed by atoms with E-state index in [1.165, 1.54) is 28.7 Å². The second-order valence-electron chi connectivity index (χ2n) is 7.74. The summed E-state index contributed by atoms with van der Waals surface area (Å²) in [6.45, 7) is 9.19. The van der Waals surface area contributed by atoms with E-state index in [-0.39, 0.29) is 5.60 Å². The molecule has 3 heterocycles. The molecule has 1 aliphatic rings. The van der Waals surface area contributed by atoms with E-state index in [0.717, 1.165) is 47.5 Å². The van der Waals surface area contributed by atoms with Crippen LogP contribution in [-0.4, -0.2) is 53.4 Å². The molecule has 7 heteroatoms. The minimum absolute atomic E-state index is 0.0868. The zero-order valence-electron chi connectivity index (χ0n) is 17.2. The number of nitrogens with zero attached hydrogens (tertiary/aromatic N) is 3. The topological polar surface area (TPSA) is 50.3 Å². The van der Waals surface area contributed by atoms with E-state index < -0.39 is 0 Å². The molecule has 150 valence electrons. The van der Waals surface area contributed by atoms with Crippen LogP contribution in [0.2, 0.25) is 0 Å². The lowest BCUT2D eigenvalue weighted by Gasteiger charge is -2.33. The van der Waals surface area contributed by atoms with Gasteiger partial charge in [0.2, 0.25) is 0 Å². The molecular formula is C20H32N4OS2. The Morgan fingerprint density at radius 3 is 2.81 bits per heavy atom. The molecular weight excluding hydrogens is 376 g/mol. The van der Waals surface area contributed by atoms with Crippen LogP contribution in [-0.2, 0) is 17.8 Å². The fourth-order valence-electron chi connectivity index (χ4n) is 3.18. The van der Waals surface area contributed by atoms with Gasteiger partial charge in [-0.05, 0) is 39.4 Å². The Balaban J connectivity index is 1.97. The van der Waals surface area contributed by atoms with Crippen LogP contribution in [0, 0.1) is 0 Å². The largest absolute Gasteiger partial charge is 0.369 e. The van der Waals surface area contributed by atoms with Gasteiger partial charge < -0.3 is 15.0 Å². The van der Waals surface area contributed by atoms with Crippen molar-refractivity contribution in [3.63, 3.8) is 0 Å². The first kappa shape index (κ1) is 20.8. The molecule has 0 saturated heterocycles. The van der Waals surface area contributed by atoms with Crippen LogP contribution in [0.25, 0.3) is 10.2 Å². The van der Waals surface area contributed by atoms with Crippen molar-refractivity contribution >= 4 is 39.1 Å². The number of nitrogens with one attached hydrogen (secondary N) is 1. The van der Waals surface area contributed by atoms with Gasteiger partial charge in [-0.1, -0.05) is 32.0 Å². The highest BCUT2D eigenvalue weighted by Crippen LogP contribution is 2.42. The van der Waals surface area contributed by atoms with E-state index in [0.29, 0.717) is 6.61 Å². The van der Waals surface area contributed by atoms with Crippen molar-refractivity contribution in [3.8, 4) is 0 Å². The lowest BCUT2D eigenvalue weighted by Crippen LogP contribution is -2.34. The Morgan fingerprint density at radius 1 is 1.30 bits per heavy atom. The van der Waals surface area contributed by atoms with Gasteiger partial charge in [0.15, 0.2) is 5.16 Å². The molecule has 5 nitrogen and oxygen atoms in total. The van der Waals surface area contributed by atoms with E-state index in [1.807, 2.05) is 0 Å². The predicted molar refractivity (Wildman–Crippen MR) is 117 cm³/mol. The third-order valence-electron chi connectivity index (χ3n) is 5.14. The van der Waals surface area contributed by atoms with Crippen LogP contribution >= 0.6 is 23.1 Å². The molecule has 1 atom stereocenters. The van der Waals surface area contributed by atoms with Gasteiger partial charge in [0.05, 0.1) is 17.6 Å². The average Bonchev–Trinajstić information content (AvgIpc) is 2.99. The second kappa shape index (κ2) is 9.07. The molecule has 0 spiro atoms. The number of unbranched alkanes of at least 4 members (excludes halogenated alkanes) is 1. The Morgan fingerprint density at radius 2 is 2.11 bits per heavy atom. The van der Waals surface area contributed by atoms with Crippen molar-refractivity contribution in [2.45, 2.75) is 63.8 Å². The number of hydrogen-bond donors (Lipinski definition) is 1. The summed E-state index contributed by atoms with van der Waals surface area (Å²) in [4.78, 5) is 14.4. The number of ether oxygens (including phenoxy) is 1. The normalized spacial score (nSPS) is 19.6. The summed E-state index contributed by atoms with van der Waals surface area (Å²) in [5.74, 6) is 2.07. The smallest absolute Gasteiger partial charge is 0.190 e. The Kier molecular flexibility index (Phi) is 7.00. The van der Waals surface area contributed by atoms with Crippen LogP contribution in [0.3, 0.4) is 0 Å². The molecule has 0 amide bonds. The molecule has 0 saturated carbocycles. The molecule has 0 bridgehead atoms. The van der Waals surface area contributed by atoms with Gasteiger partial charge >= 0.3 is 0 Å². The number of aromatic nitrogens is 2. The molecule has 0 aliphatic carbocycles. The van der Waals surface area contributed by atoms with Crippen LogP contribution in [0.5, 0.6) is 0 Å². The SMILES string of the molecule is CCCCSc1nc(NCCN(C)C)c2c3c(sc2n1)CO[C@@](C)(CC)C3. The highest BCUT2D eigenvalue weighted by molar-refractivity contribution is 7.99. The number of fused-ring (bicyclic) bond motifs is 3. The van der Waals surface area contributed by atoms with Gasteiger partial charge in [0.25, 0.3) is 0 Å². The summed E-state index contributed by atoms with van der Waals surface area (Å²) in [5.41, 5.74) is 1.30. The van der Waals surface area contributed by atoms with Crippen molar-refractivity contribution in [1.82, 2.24) is 14.9 Å². The number of hydrogen-bond acceptors (Lipinski definition) is 7. The summed E-state index contributed by atoms with van der Waals surface area (Å²) in [7, 11) is 4.19. The molecule has 0 unspecified atom stereocenters. The van der Waals surface area contributed by atoms with Gasteiger partial charge in [-0.25, -0.2) is 9.97 Å². The van der Waals surface area contributed by atoms with Crippen LogP contribution < -0.4 is 5.32 Å². The van der Waals surface area contributed by atoms with Gasteiger partial charge in [-0.3, -0.25) is 0 Å². The zero-order valence-corrected chi connectivity index (χ0v) is 18.9. The van der Waals surface area contributed by atoms with Gasteiger partial charge in [-0.15, -0.1) is 11.3 Å². The summed E-state index contributed by atoms with van der Waals surface area (Å²) in [6, 6.07) is 0. The molecule has 27 heavy (non-hydrogen) atoms. The van der Waals surface area contributed by atoms with E-state index in [1.54, 1.807) is 23.1 Å². The maximum atomic E-state index is 6.16. The van der Waals surface area contributed by atoms with Gasteiger partial charge in [0.1, 0.15) is 10.6 Å². The number of anilines is 1. The van der Waals surface area contributed by atoms with Crippen LogP contribution in [0.4, 0.5) is 5.82 Å². The van der Waals surface area contributed by atoms with Crippen molar-refractivity contribution < 1.29 is 4.74 Å². The van der Waals surface area contributed by atoms with Gasteiger partial charge in [0, 0.05) is 30.1 Å². The number of likely N-dealkylation sites (N-methyl/N-ethyl adjacent to an activating group) is 1. The summed E-state index contributed by atoms with van der Waals surface area (Å²) >= 11 is 3.55. The van der Waals surface area contributed by atoms with Crippen LogP contribution in [0.15, 0.2) is 5.16 Å². The van der Waals surface area contributed by atoms with E-state index in [4.69, 9.17) is 14.7 Å². The molecule has 0 fully saturated rings. The third kappa shape index (κ3) is 4.94. The fraction of sp³-hybridized carbons (Fsp3) is 0.700. The molecule has 0 aromatic carbocycles. The lowest BCUT2D eigenvalue weighted by atomic mass is 9.90. The second-order valence-corrected chi connectivity index (χ2v) is 9.89. The standard InChI is InChI=1S/C20H32N4OS2/c1-6-8-11-26-19-22-17(21-9-10-24(4)5)16-14-12-20(3,7-2)25-13-15(14)27-18(16)23-19/h6-13H2,1-5H3,(H,21,22,23)/t20-/m0/s1. The average molecular weight is 409 g/mol. The predicted octanol–water partition coefficient (Wildman–Crippen LogP) is 4.80. The Bertz CT molecular complexity index is 777.